The fourth-order valence-electron chi connectivity index (χ4n) is 2.11. The Hall–Kier alpha value is -2.05. The quantitative estimate of drug-likeness (QED) is 0.871. The van der Waals surface area contributed by atoms with Crippen molar-refractivity contribution in [1.29, 1.82) is 0 Å². The van der Waals surface area contributed by atoms with Crippen molar-refractivity contribution in [2.75, 3.05) is 11.1 Å². The van der Waals surface area contributed by atoms with Gasteiger partial charge >= 0.3 is 0 Å². The number of nitrogens with two attached hydrogens (primary N) is 1. The zero-order chi connectivity index (χ0) is 14.2. The van der Waals surface area contributed by atoms with Gasteiger partial charge in [-0.15, -0.1) is 10.2 Å². The zero-order valence-electron chi connectivity index (χ0n) is 12.0. The summed E-state index contributed by atoms with van der Waals surface area (Å²) < 4.78 is 3.66. The maximum atomic E-state index is 6.16. The third-order valence-electron chi connectivity index (χ3n) is 3.15. The van der Waals surface area contributed by atoms with Crippen molar-refractivity contribution in [1.82, 2.24) is 24.5 Å². The van der Waals surface area contributed by atoms with Crippen LogP contribution in [0.5, 0.6) is 0 Å². The molecule has 0 aliphatic carbocycles. The molecule has 3 N–H and O–H groups in total. The molecule has 19 heavy (non-hydrogen) atoms. The lowest BCUT2D eigenvalue weighted by Crippen LogP contribution is -2.15. The van der Waals surface area contributed by atoms with Gasteiger partial charge < -0.3 is 15.6 Å². The first-order valence-corrected chi connectivity index (χ1v) is 6.34. The Morgan fingerprint density at radius 1 is 1.26 bits per heavy atom. The highest BCUT2D eigenvalue weighted by Crippen LogP contribution is 2.29. The fourth-order valence-corrected chi connectivity index (χ4v) is 2.11. The highest BCUT2D eigenvalue weighted by Gasteiger charge is 2.19. The maximum Gasteiger partial charge on any atom is 0.154 e. The van der Waals surface area contributed by atoms with Crippen LogP contribution in [-0.4, -0.2) is 24.5 Å². The molecule has 2 aromatic rings. The summed E-state index contributed by atoms with van der Waals surface area (Å²) in [5.41, 5.74) is 7.77. The van der Waals surface area contributed by atoms with E-state index in [0.717, 1.165) is 17.3 Å². The fraction of sp³-hybridized carbons (Fsp3) is 0.583. The van der Waals surface area contributed by atoms with Gasteiger partial charge in [0.15, 0.2) is 5.82 Å². The van der Waals surface area contributed by atoms with Gasteiger partial charge in [0, 0.05) is 14.1 Å². The van der Waals surface area contributed by atoms with Crippen molar-refractivity contribution < 1.29 is 0 Å². The summed E-state index contributed by atoms with van der Waals surface area (Å²) in [5.74, 6) is 1.97. The minimum atomic E-state index is 0.00483. The lowest BCUT2D eigenvalue weighted by atomic mass is 10.1. The van der Waals surface area contributed by atoms with Crippen LogP contribution in [0, 0.1) is 0 Å². The van der Waals surface area contributed by atoms with Crippen LogP contribution < -0.4 is 11.1 Å². The number of aryl methyl sites for hydroxylation is 2. The lowest BCUT2D eigenvalue weighted by Gasteiger charge is -2.15. The normalized spacial score (nSPS) is 12.9. The van der Waals surface area contributed by atoms with Gasteiger partial charge in [0.05, 0.1) is 17.4 Å². The van der Waals surface area contributed by atoms with E-state index in [1.54, 1.807) is 11.0 Å². The van der Waals surface area contributed by atoms with Crippen LogP contribution in [0.15, 0.2) is 6.33 Å². The minimum absolute atomic E-state index is 0.00483. The molecule has 1 atom stereocenters. The Labute approximate surface area is 112 Å². The number of hydrogen-bond acceptors (Lipinski definition) is 5. The Balaban J connectivity index is 2.27. The molecule has 1 unspecified atom stereocenters. The number of anilines is 2. The van der Waals surface area contributed by atoms with Gasteiger partial charge in [-0.3, -0.25) is 4.68 Å². The molecule has 0 amide bonds. The number of hydrogen-bond donors (Lipinski definition) is 2. The molecule has 0 saturated heterocycles. The molecule has 0 aliphatic rings. The summed E-state index contributed by atoms with van der Waals surface area (Å²) in [5, 5.41) is 15.8. The molecule has 0 radical (unpaired) electrons. The highest BCUT2D eigenvalue weighted by molar-refractivity contribution is 5.66. The molecule has 0 aliphatic heterocycles. The first-order valence-electron chi connectivity index (χ1n) is 6.34. The van der Waals surface area contributed by atoms with E-state index in [-0.39, 0.29) is 6.04 Å². The monoisotopic (exact) mass is 263 g/mol. The summed E-state index contributed by atoms with van der Waals surface area (Å²) in [6.45, 7) is 6.18. The molecular weight excluding hydrogens is 242 g/mol. The van der Waals surface area contributed by atoms with Crippen molar-refractivity contribution in [3.63, 3.8) is 0 Å². The number of rotatable bonds is 4. The highest BCUT2D eigenvalue weighted by atomic mass is 15.3. The number of aromatic nitrogens is 5. The summed E-state index contributed by atoms with van der Waals surface area (Å²) >= 11 is 0. The predicted octanol–water partition coefficient (Wildman–Crippen LogP) is 1.43. The summed E-state index contributed by atoms with van der Waals surface area (Å²) in [6, 6.07) is 0.00483. The van der Waals surface area contributed by atoms with Gasteiger partial charge in [-0.25, -0.2) is 0 Å². The molecule has 2 rings (SSSR count). The van der Waals surface area contributed by atoms with Gasteiger partial charge in [0.25, 0.3) is 0 Å². The van der Waals surface area contributed by atoms with Crippen LogP contribution in [-0.2, 0) is 14.1 Å². The van der Waals surface area contributed by atoms with E-state index in [1.807, 2.05) is 25.6 Å². The second-order valence-electron chi connectivity index (χ2n) is 5.09. The first-order chi connectivity index (χ1) is 8.91. The van der Waals surface area contributed by atoms with Gasteiger partial charge in [-0.05, 0) is 12.8 Å². The van der Waals surface area contributed by atoms with Gasteiger partial charge in [-0.1, -0.05) is 13.8 Å². The van der Waals surface area contributed by atoms with E-state index in [0.29, 0.717) is 11.6 Å². The smallest absolute Gasteiger partial charge is 0.154 e. The number of nitrogens with one attached hydrogen (secondary N) is 1. The molecule has 7 heteroatoms. The Bertz CT molecular complexity index is 567. The van der Waals surface area contributed by atoms with Crippen LogP contribution in [0.1, 0.15) is 44.2 Å². The molecule has 0 saturated carbocycles. The second-order valence-corrected chi connectivity index (χ2v) is 5.09. The third kappa shape index (κ3) is 2.40. The van der Waals surface area contributed by atoms with Gasteiger partial charge in [0.2, 0.25) is 0 Å². The Kier molecular flexibility index (Phi) is 3.46. The predicted molar refractivity (Wildman–Crippen MR) is 74.8 cm³/mol. The summed E-state index contributed by atoms with van der Waals surface area (Å²) in [7, 11) is 3.80. The van der Waals surface area contributed by atoms with Crippen molar-refractivity contribution in [3.8, 4) is 0 Å². The Morgan fingerprint density at radius 2 is 1.95 bits per heavy atom. The van der Waals surface area contributed by atoms with Gasteiger partial charge in [-0.2, -0.15) is 5.10 Å². The van der Waals surface area contributed by atoms with E-state index in [1.165, 1.54) is 0 Å². The van der Waals surface area contributed by atoms with Crippen molar-refractivity contribution >= 4 is 11.5 Å². The van der Waals surface area contributed by atoms with Crippen molar-refractivity contribution in [3.05, 3.63) is 17.8 Å². The molecule has 7 nitrogen and oxygen atoms in total. The molecule has 0 spiro atoms. The van der Waals surface area contributed by atoms with E-state index in [4.69, 9.17) is 5.73 Å². The van der Waals surface area contributed by atoms with Crippen molar-refractivity contribution in [2.24, 2.45) is 14.1 Å². The topological polar surface area (TPSA) is 86.6 Å². The SMILES string of the molecule is CC(C)c1nn(C)c(NC(C)c2nncn2C)c1N. The second kappa shape index (κ2) is 4.91. The number of nitrogen functional groups attached to an aromatic ring is 1. The summed E-state index contributed by atoms with van der Waals surface area (Å²) in [6.07, 6.45) is 1.68. The Morgan fingerprint density at radius 3 is 2.42 bits per heavy atom. The van der Waals surface area contributed by atoms with Crippen LogP contribution >= 0.6 is 0 Å². The zero-order valence-corrected chi connectivity index (χ0v) is 12.0. The van der Waals surface area contributed by atoms with Crippen LogP contribution in [0.4, 0.5) is 11.5 Å². The first kappa shape index (κ1) is 13.4. The van der Waals surface area contributed by atoms with E-state index >= 15 is 0 Å². The third-order valence-corrected chi connectivity index (χ3v) is 3.15. The molecule has 0 fully saturated rings. The van der Waals surface area contributed by atoms with Gasteiger partial charge in [0.1, 0.15) is 12.1 Å². The standard InChI is InChI=1S/C12H21N7/c1-7(2)10-9(13)12(19(5)17-10)15-8(3)11-16-14-6-18(11)4/h6-8,15H,13H2,1-5H3. The average molecular weight is 263 g/mol. The lowest BCUT2D eigenvalue weighted by molar-refractivity contribution is 0.685. The average Bonchev–Trinajstić information content (AvgIpc) is 2.87. The molecular formula is C12H21N7. The molecule has 0 aromatic carbocycles. The molecule has 2 aromatic heterocycles. The van der Waals surface area contributed by atoms with E-state index < -0.39 is 0 Å². The minimum Gasteiger partial charge on any atom is -0.394 e. The summed E-state index contributed by atoms with van der Waals surface area (Å²) in [4.78, 5) is 0. The van der Waals surface area contributed by atoms with E-state index in [9.17, 15) is 0 Å². The largest absolute Gasteiger partial charge is 0.394 e. The number of nitrogens with zero attached hydrogens (tertiary/aromatic N) is 5. The van der Waals surface area contributed by atoms with Crippen LogP contribution in [0.25, 0.3) is 0 Å². The molecule has 2 heterocycles. The molecule has 104 valence electrons. The van der Waals surface area contributed by atoms with Crippen LogP contribution in [0.2, 0.25) is 0 Å². The van der Waals surface area contributed by atoms with Crippen LogP contribution in [0.3, 0.4) is 0 Å². The van der Waals surface area contributed by atoms with E-state index in [2.05, 4.69) is 34.5 Å². The maximum absolute atomic E-state index is 6.16. The van der Waals surface area contributed by atoms with Crippen molar-refractivity contribution in [2.45, 2.75) is 32.7 Å². The molecule has 0 bridgehead atoms.